The highest BCUT2D eigenvalue weighted by Crippen LogP contribution is 2.23. The summed E-state index contributed by atoms with van der Waals surface area (Å²) in [4.78, 5) is 11.6. The zero-order valence-electron chi connectivity index (χ0n) is 11.2. The molecule has 1 amide bonds. The number of ether oxygens (including phenoxy) is 1. The van der Waals surface area contributed by atoms with Crippen molar-refractivity contribution in [3.63, 3.8) is 0 Å². The lowest BCUT2D eigenvalue weighted by Gasteiger charge is -2.25. The Kier molecular flexibility index (Phi) is 5.25. The van der Waals surface area contributed by atoms with E-state index in [4.69, 9.17) is 4.74 Å². The zero-order chi connectivity index (χ0) is 12.9. The Balaban J connectivity index is 2.36. The highest BCUT2D eigenvalue weighted by molar-refractivity contribution is 5.66. The molecular weight excluding hydrogens is 218 g/mol. The largest absolute Gasteiger partial charge is 0.442 e. The van der Waals surface area contributed by atoms with Gasteiger partial charge in [0.05, 0.1) is 6.54 Å². The van der Waals surface area contributed by atoms with Crippen molar-refractivity contribution in [1.29, 1.82) is 0 Å². The first-order valence-corrected chi connectivity index (χ1v) is 6.58. The van der Waals surface area contributed by atoms with Crippen LogP contribution in [0.5, 0.6) is 0 Å². The van der Waals surface area contributed by atoms with Gasteiger partial charge in [-0.05, 0) is 39.5 Å². The van der Waals surface area contributed by atoms with Gasteiger partial charge >= 0.3 is 6.09 Å². The molecule has 1 aliphatic rings. The summed E-state index contributed by atoms with van der Waals surface area (Å²) in [5.74, 6) is 0.412. The molecule has 100 valence electrons. The molecule has 1 rings (SSSR count). The number of nitrogens with zero attached hydrogens (tertiary/aromatic N) is 1. The molecule has 0 aromatic heterocycles. The Hall–Kier alpha value is -0.770. The fraction of sp³-hybridized carbons (Fsp3) is 0.923. The fourth-order valence-corrected chi connectivity index (χ4v) is 2.18. The summed E-state index contributed by atoms with van der Waals surface area (Å²) >= 11 is 0. The van der Waals surface area contributed by atoms with Crippen LogP contribution in [0.2, 0.25) is 0 Å². The quantitative estimate of drug-likeness (QED) is 0.458. The van der Waals surface area contributed by atoms with Gasteiger partial charge in [0, 0.05) is 0 Å². The summed E-state index contributed by atoms with van der Waals surface area (Å²) in [6.07, 6.45) is 6.50. The lowest BCUT2D eigenvalue weighted by Crippen LogP contribution is -2.37. The van der Waals surface area contributed by atoms with Gasteiger partial charge in [0.2, 0.25) is 0 Å². The van der Waals surface area contributed by atoms with Crippen LogP contribution < -0.4 is 0 Å². The number of hydroxylamine groups is 2. The first-order chi connectivity index (χ1) is 7.88. The van der Waals surface area contributed by atoms with Gasteiger partial charge in [-0.3, -0.25) is 5.21 Å². The summed E-state index contributed by atoms with van der Waals surface area (Å²) in [7, 11) is 0. The Bertz CT molecular complexity index is 240. The topological polar surface area (TPSA) is 49.8 Å². The van der Waals surface area contributed by atoms with Gasteiger partial charge in [-0.15, -0.1) is 0 Å². The highest BCUT2D eigenvalue weighted by Gasteiger charge is 2.23. The molecule has 0 radical (unpaired) electrons. The van der Waals surface area contributed by atoms with Crippen LogP contribution in [0.1, 0.15) is 59.3 Å². The van der Waals surface area contributed by atoms with Crippen molar-refractivity contribution in [2.45, 2.75) is 64.9 Å². The van der Waals surface area contributed by atoms with E-state index in [9.17, 15) is 10.0 Å². The number of amides is 1. The molecule has 1 N–H and O–H groups in total. The van der Waals surface area contributed by atoms with Crippen molar-refractivity contribution >= 4 is 6.09 Å². The van der Waals surface area contributed by atoms with Gasteiger partial charge in [-0.1, -0.05) is 25.7 Å². The number of carbonyl (C=O) groups is 1. The van der Waals surface area contributed by atoms with Crippen molar-refractivity contribution in [3.05, 3.63) is 0 Å². The van der Waals surface area contributed by atoms with Crippen molar-refractivity contribution in [2.24, 2.45) is 5.92 Å². The van der Waals surface area contributed by atoms with Crippen molar-refractivity contribution in [1.82, 2.24) is 5.06 Å². The second-order valence-electron chi connectivity index (χ2n) is 5.92. The van der Waals surface area contributed by atoms with Gasteiger partial charge in [-0.25, -0.2) is 4.79 Å². The standard InChI is InChI=1S/C13H25NO3/c1-13(2,3)17-12(15)14(16)10-11-8-6-4-5-7-9-11/h11,16H,4-10H2,1-3H3. The molecule has 1 fully saturated rings. The molecule has 0 spiro atoms. The third-order valence-corrected chi connectivity index (χ3v) is 3.01. The van der Waals surface area contributed by atoms with Gasteiger partial charge in [0.1, 0.15) is 5.60 Å². The minimum atomic E-state index is -0.637. The first-order valence-electron chi connectivity index (χ1n) is 6.58. The molecule has 0 atom stereocenters. The van der Waals surface area contributed by atoms with E-state index < -0.39 is 11.7 Å². The number of hydrogen-bond acceptors (Lipinski definition) is 3. The normalized spacial score (nSPS) is 18.6. The Morgan fingerprint density at radius 2 is 1.76 bits per heavy atom. The van der Waals surface area contributed by atoms with Crippen LogP contribution in [0.25, 0.3) is 0 Å². The summed E-state index contributed by atoms with van der Waals surface area (Å²) in [6.45, 7) is 5.79. The molecule has 4 nitrogen and oxygen atoms in total. The zero-order valence-corrected chi connectivity index (χ0v) is 11.2. The average Bonchev–Trinajstić information content (AvgIpc) is 2.43. The number of carbonyl (C=O) groups excluding carboxylic acids is 1. The molecule has 17 heavy (non-hydrogen) atoms. The van der Waals surface area contributed by atoms with Crippen LogP contribution in [0.4, 0.5) is 4.79 Å². The van der Waals surface area contributed by atoms with Gasteiger partial charge in [0.25, 0.3) is 0 Å². The van der Waals surface area contributed by atoms with Crippen LogP contribution in [-0.4, -0.2) is 28.5 Å². The fourth-order valence-electron chi connectivity index (χ4n) is 2.18. The van der Waals surface area contributed by atoms with E-state index in [0.29, 0.717) is 12.5 Å². The summed E-state index contributed by atoms with van der Waals surface area (Å²) in [5, 5.41) is 10.4. The van der Waals surface area contributed by atoms with E-state index in [1.807, 2.05) is 0 Å². The van der Waals surface area contributed by atoms with E-state index in [-0.39, 0.29) is 0 Å². The molecule has 0 unspecified atom stereocenters. The SMILES string of the molecule is CC(C)(C)OC(=O)N(O)CC1CCCCCC1. The Morgan fingerprint density at radius 3 is 2.24 bits per heavy atom. The second-order valence-corrected chi connectivity index (χ2v) is 5.92. The third kappa shape index (κ3) is 5.91. The van der Waals surface area contributed by atoms with E-state index in [1.54, 1.807) is 20.8 Å². The van der Waals surface area contributed by atoms with Crippen LogP contribution >= 0.6 is 0 Å². The maximum atomic E-state index is 11.6. The minimum absolute atomic E-state index is 0.398. The molecule has 0 aromatic rings. The molecular formula is C13H25NO3. The lowest BCUT2D eigenvalue weighted by molar-refractivity contribution is -0.102. The molecule has 0 aliphatic heterocycles. The number of rotatable bonds is 2. The van der Waals surface area contributed by atoms with Crippen molar-refractivity contribution in [3.8, 4) is 0 Å². The van der Waals surface area contributed by atoms with E-state index in [0.717, 1.165) is 17.9 Å². The molecule has 0 bridgehead atoms. The third-order valence-electron chi connectivity index (χ3n) is 3.01. The van der Waals surface area contributed by atoms with Crippen LogP contribution in [0, 0.1) is 5.92 Å². The maximum Gasteiger partial charge on any atom is 0.434 e. The molecule has 0 aromatic carbocycles. The summed E-state index contributed by atoms with van der Waals surface area (Å²) in [6, 6.07) is 0. The monoisotopic (exact) mass is 243 g/mol. The Morgan fingerprint density at radius 1 is 1.24 bits per heavy atom. The van der Waals surface area contributed by atoms with E-state index in [1.165, 1.54) is 25.7 Å². The predicted octanol–water partition coefficient (Wildman–Crippen LogP) is 3.58. The average molecular weight is 243 g/mol. The smallest absolute Gasteiger partial charge is 0.434 e. The van der Waals surface area contributed by atoms with E-state index >= 15 is 0 Å². The second kappa shape index (κ2) is 6.24. The molecule has 4 heteroatoms. The van der Waals surface area contributed by atoms with Crippen molar-refractivity contribution in [2.75, 3.05) is 6.54 Å². The Labute approximate surface area is 104 Å². The van der Waals surface area contributed by atoms with Crippen molar-refractivity contribution < 1.29 is 14.7 Å². The van der Waals surface area contributed by atoms with E-state index in [2.05, 4.69) is 0 Å². The predicted molar refractivity (Wildman–Crippen MR) is 65.9 cm³/mol. The van der Waals surface area contributed by atoms with Crippen LogP contribution in [-0.2, 0) is 4.74 Å². The minimum Gasteiger partial charge on any atom is -0.442 e. The molecule has 0 saturated heterocycles. The summed E-state index contributed by atoms with van der Waals surface area (Å²) < 4.78 is 5.11. The highest BCUT2D eigenvalue weighted by atomic mass is 16.6. The van der Waals surface area contributed by atoms with Gasteiger partial charge < -0.3 is 4.74 Å². The van der Waals surface area contributed by atoms with Gasteiger partial charge in [0.15, 0.2) is 0 Å². The van der Waals surface area contributed by atoms with Crippen LogP contribution in [0.3, 0.4) is 0 Å². The number of hydrogen-bond donors (Lipinski definition) is 1. The van der Waals surface area contributed by atoms with Gasteiger partial charge in [-0.2, -0.15) is 5.06 Å². The summed E-state index contributed by atoms with van der Waals surface area (Å²) in [5.41, 5.74) is -0.554. The molecule has 1 saturated carbocycles. The van der Waals surface area contributed by atoms with Crippen LogP contribution in [0.15, 0.2) is 0 Å². The first kappa shape index (κ1) is 14.3. The molecule has 1 aliphatic carbocycles. The maximum absolute atomic E-state index is 11.6. The molecule has 0 heterocycles. The lowest BCUT2D eigenvalue weighted by atomic mass is 10.0.